The second kappa shape index (κ2) is 11.6. The van der Waals surface area contributed by atoms with Gasteiger partial charge in [0.1, 0.15) is 11.5 Å². The van der Waals surface area contributed by atoms with Crippen LogP contribution in [0.25, 0.3) is 0 Å². The maximum Gasteiger partial charge on any atom is 0.232 e. The molecule has 0 radical (unpaired) electrons. The number of ether oxygens (including phenoxy) is 1. The quantitative estimate of drug-likeness (QED) is 0.440. The van der Waals surface area contributed by atoms with Crippen molar-refractivity contribution < 1.29 is 38.0 Å². The third kappa shape index (κ3) is 6.22. The summed E-state index contributed by atoms with van der Waals surface area (Å²) in [7, 11) is 2.45. The number of hydrogen-bond acceptors (Lipinski definition) is 2. The van der Waals surface area contributed by atoms with Gasteiger partial charge in [-0.25, -0.2) is 0 Å². The summed E-state index contributed by atoms with van der Waals surface area (Å²) in [6.07, 6.45) is 12.1. The van der Waals surface area contributed by atoms with E-state index in [0.29, 0.717) is 0 Å². The average molecular weight is 589 g/mol. The number of rotatable bonds is 4. The van der Waals surface area contributed by atoms with Gasteiger partial charge in [-0.05, 0) is 37.5 Å². The number of hydrogen-bond donors (Lipinski definition) is 1. The highest BCUT2D eigenvalue weighted by atomic mass is 127. The lowest BCUT2D eigenvalue weighted by Gasteiger charge is -2.43. The van der Waals surface area contributed by atoms with Crippen LogP contribution < -0.4 is 34.0 Å². The van der Waals surface area contributed by atoms with Gasteiger partial charge in [0.05, 0.1) is 32.6 Å². The van der Waals surface area contributed by atoms with Gasteiger partial charge in [-0.3, -0.25) is 4.79 Å². The van der Waals surface area contributed by atoms with Gasteiger partial charge in [-0.2, -0.15) is 0 Å². The van der Waals surface area contributed by atoms with Crippen LogP contribution in [0.2, 0.25) is 0 Å². The zero-order valence-electron chi connectivity index (χ0n) is 21.4. The van der Waals surface area contributed by atoms with Gasteiger partial charge in [-0.15, -0.1) is 0 Å². The Morgan fingerprint density at radius 1 is 0.914 bits per heavy atom. The lowest BCUT2D eigenvalue weighted by atomic mass is 9.86. The maximum atomic E-state index is 13.7. The Bertz CT molecular complexity index is 1010. The number of likely N-dealkylation sites (tertiary alicyclic amines) is 1. The maximum absolute atomic E-state index is 13.7. The zero-order valence-corrected chi connectivity index (χ0v) is 23.6. The Morgan fingerprint density at radius 2 is 1.57 bits per heavy atom. The smallest absolute Gasteiger partial charge is 0.232 e. The first-order valence-corrected chi connectivity index (χ1v) is 13.5. The number of para-hydroxylation sites is 1. The van der Waals surface area contributed by atoms with Gasteiger partial charge in [-0.1, -0.05) is 62.4 Å². The van der Waals surface area contributed by atoms with Crippen molar-refractivity contribution in [1.82, 2.24) is 5.32 Å². The molecule has 4 nitrogen and oxygen atoms in total. The van der Waals surface area contributed by atoms with Crippen molar-refractivity contribution in [1.29, 1.82) is 0 Å². The Hall–Kier alpha value is -1.60. The summed E-state index contributed by atoms with van der Waals surface area (Å²) < 4.78 is 7.34. The highest BCUT2D eigenvalue weighted by molar-refractivity contribution is 5.89. The summed E-state index contributed by atoms with van der Waals surface area (Å²) in [5.41, 5.74) is 3.09. The molecule has 190 valence electrons. The number of quaternary nitrogens is 1. The van der Waals surface area contributed by atoms with Gasteiger partial charge < -0.3 is 38.5 Å². The fourth-order valence-electron chi connectivity index (χ4n) is 6.50. The number of benzene rings is 2. The van der Waals surface area contributed by atoms with Crippen molar-refractivity contribution in [3.05, 3.63) is 59.2 Å². The van der Waals surface area contributed by atoms with Crippen LogP contribution in [0.1, 0.15) is 80.4 Å². The molecule has 0 bridgehead atoms. The Balaban J connectivity index is 0.00000289. The monoisotopic (exact) mass is 588 g/mol. The van der Waals surface area contributed by atoms with Crippen molar-refractivity contribution in [2.45, 2.75) is 76.7 Å². The van der Waals surface area contributed by atoms with Crippen LogP contribution in [0.15, 0.2) is 42.5 Å². The lowest BCUT2D eigenvalue weighted by molar-refractivity contribution is -0.917. The summed E-state index contributed by atoms with van der Waals surface area (Å²) in [4.78, 5) is 13.7. The highest BCUT2D eigenvalue weighted by Gasteiger charge is 2.37. The molecule has 1 unspecified atom stereocenters. The molecule has 2 aliphatic heterocycles. The SMILES string of the molecule is Cc1ccc2c(c1)Oc1ccccc1C2C(=O)NC1CC[N+](C)(CC2CCCCCCC2)CC1.[I-]. The minimum Gasteiger partial charge on any atom is -1.00 e. The summed E-state index contributed by atoms with van der Waals surface area (Å²) in [6, 6.07) is 14.4. The van der Waals surface area contributed by atoms with E-state index < -0.39 is 0 Å². The molecule has 0 spiro atoms. The fourth-order valence-corrected chi connectivity index (χ4v) is 6.50. The van der Waals surface area contributed by atoms with Crippen LogP contribution in [0, 0.1) is 12.8 Å². The zero-order chi connectivity index (χ0) is 23.5. The van der Waals surface area contributed by atoms with Gasteiger partial charge >= 0.3 is 0 Å². The van der Waals surface area contributed by atoms with E-state index in [-0.39, 0.29) is 41.8 Å². The molecule has 2 aromatic rings. The van der Waals surface area contributed by atoms with Crippen LogP contribution in [0.3, 0.4) is 0 Å². The van der Waals surface area contributed by atoms with Crippen molar-refractivity contribution in [3.8, 4) is 11.5 Å². The topological polar surface area (TPSA) is 38.3 Å². The largest absolute Gasteiger partial charge is 1.00 e. The van der Waals surface area contributed by atoms with Gasteiger partial charge in [0.15, 0.2) is 0 Å². The number of amides is 1. The van der Waals surface area contributed by atoms with Crippen LogP contribution in [0.4, 0.5) is 0 Å². The first-order valence-electron chi connectivity index (χ1n) is 13.5. The van der Waals surface area contributed by atoms with E-state index in [9.17, 15) is 4.79 Å². The van der Waals surface area contributed by atoms with Crippen molar-refractivity contribution >= 4 is 5.91 Å². The van der Waals surface area contributed by atoms with Crippen LogP contribution in [-0.2, 0) is 4.79 Å². The molecular weight excluding hydrogens is 547 g/mol. The predicted octanol–water partition coefficient (Wildman–Crippen LogP) is 3.32. The first kappa shape index (κ1) is 26.5. The molecule has 35 heavy (non-hydrogen) atoms. The molecule has 0 aromatic heterocycles. The lowest BCUT2D eigenvalue weighted by Crippen LogP contribution is -3.00. The van der Waals surface area contributed by atoms with Gasteiger partial charge in [0, 0.05) is 35.9 Å². The minimum atomic E-state index is -0.307. The first-order chi connectivity index (χ1) is 16.5. The molecule has 2 fully saturated rings. The standard InChI is InChI=1S/C30H40N2O2.HI/c1-22-14-15-26-28(20-22)34-27-13-9-8-12-25(27)29(26)30(33)31-24-16-18-32(2,19-17-24)21-23-10-6-4-3-5-7-11-23;/h8-9,12-15,20,23-24,29H,3-7,10-11,16-19,21H2,1-2H3;1H. The van der Waals surface area contributed by atoms with E-state index >= 15 is 0 Å². The third-order valence-electron chi connectivity index (χ3n) is 8.50. The van der Waals surface area contributed by atoms with E-state index in [4.69, 9.17) is 4.74 Å². The van der Waals surface area contributed by atoms with Gasteiger partial charge in [0.25, 0.3) is 0 Å². The second-order valence-corrected chi connectivity index (χ2v) is 11.4. The van der Waals surface area contributed by atoms with Crippen molar-refractivity contribution in [3.63, 3.8) is 0 Å². The molecular formula is C30H41IN2O2. The molecule has 1 N–H and O–H groups in total. The van der Waals surface area contributed by atoms with Crippen molar-refractivity contribution in [2.75, 3.05) is 26.7 Å². The number of carbonyl (C=O) groups is 1. The van der Waals surface area contributed by atoms with E-state index in [1.54, 1.807) is 0 Å². The van der Waals surface area contributed by atoms with Crippen molar-refractivity contribution in [2.24, 2.45) is 5.92 Å². The van der Waals surface area contributed by atoms with Crippen LogP contribution >= 0.6 is 0 Å². The molecule has 3 aliphatic rings. The van der Waals surface area contributed by atoms with Crippen LogP contribution in [-0.4, -0.2) is 43.1 Å². The number of halogens is 1. The number of carbonyl (C=O) groups excluding carboxylic acids is 1. The number of piperidine rings is 1. The van der Waals surface area contributed by atoms with E-state index in [1.165, 1.54) is 69.1 Å². The molecule has 1 atom stereocenters. The number of aryl methyl sites for hydroxylation is 1. The summed E-state index contributed by atoms with van der Waals surface area (Å²) in [6.45, 7) is 5.72. The summed E-state index contributed by atoms with van der Waals surface area (Å²) in [5.74, 6) is 2.30. The van der Waals surface area contributed by atoms with Gasteiger partial charge in [0.2, 0.25) is 5.91 Å². The predicted molar refractivity (Wildman–Crippen MR) is 137 cm³/mol. The second-order valence-electron chi connectivity index (χ2n) is 11.4. The molecule has 2 heterocycles. The molecule has 1 amide bonds. The third-order valence-corrected chi connectivity index (χ3v) is 8.50. The van der Waals surface area contributed by atoms with Crippen LogP contribution in [0.5, 0.6) is 11.5 Å². The van der Waals surface area contributed by atoms with E-state index in [2.05, 4.69) is 31.4 Å². The Kier molecular flexibility index (Phi) is 8.80. The van der Waals surface area contributed by atoms with E-state index in [0.717, 1.165) is 46.9 Å². The molecule has 1 saturated carbocycles. The fraction of sp³-hybridized carbons (Fsp3) is 0.567. The molecule has 1 saturated heterocycles. The summed E-state index contributed by atoms with van der Waals surface area (Å²) >= 11 is 0. The minimum absolute atomic E-state index is 0. The molecule has 5 rings (SSSR count). The summed E-state index contributed by atoms with van der Waals surface area (Å²) in [5, 5.41) is 3.44. The average Bonchev–Trinajstić information content (AvgIpc) is 2.80. The number of nitrogens with one attached hydrogen (secondary N) is 1. The Labute approximate surface area is 228 Å². The molecule has 1 aliphatic carbocycles. The highest BCUT2D eigenvalue weighted by Crippen LogP contribution is 2.44. The number of fused-ring (bicyclic) bond motifs is 2. The molecule has 5 heteroatoms. The van der Waals surface area contributed by atoms with E-state index in [1.807, 2.05) is 30.3 Å². The normalized spacial score (nSPS) is 26.7. The number of nitrogens with zero attached hydrogens (tertiary/aromatic N) is 1. The Morgan fingerprint density at radius 3 is 2.31 bits per heavy atom. The molecule has 2 aromatic carbocycles.